The molecule has 2 atom stereocenters. The Morgan fingerprint density at radius 1 is 1.60 bits per heavy atom. The van der Waals surface area contributed by atoms with Gasteiger partial charge in [0, 0.05) is 13.5 Å². The summed E-state index contributed by atoms with van der Waals surface area (Å²) in [6.07, 6.45) is 1.60. The van der Waals surface area contributed by atoms with Crippen molar-refractivity contribution in [1.29, 1.82) is 5.26 Å². The number of hydrogen-bond acceptors (Lipinski definition) is 4. The zero-order valence-corrected chi connectivity index (χ0v) is 9.43. The van der Waals surface area contributed by atoms with Crippen LogP contribution in [-0.2, 0) is 9.63 Å². The second kappa shape index (κ2) is 5.10. The second-order valence-corrected chi connectivity index (χ2v) is 3.84. The minimum atomic E-state index is -0.0914. The Bertz CT molecular complexity index is 274. The number of likely N-dealkylation sites (N-methyl/N-ethyl adjacent to an activating group) is 1. The smallest absolute Gasteiger partial charge is 0.243 e. The fourth-order valence-electron chi connectivity index (χ4n) is 2.01. The highest BCUT2D eigenvalue weighted by Crippen LogP contribution is 2.19. The van der Waals surface area contributed by atoms with E-state index in [0.29, 0.717) is 6.54 Å². The van der Waals surface area contributed by atoms with E-state index in [9.17, 15) is 4.79 Å². The highest BCUT2D eigenvalue weighted by atomic mass is 16.7. The number of nitriles is 1. The Kier molecular flexibility index (Phi) is 4.06. The number of piperidine rings is 1. The van der Waals surface area contributed by atoms with Crippen molar-refractivity contribution in [2.24, 2.45) is 0 Å². The molecule has 0 bridgehead atoms. The van der Waals surface area contributed by atoms with Crippen molar-refractivity contribution >= 4 is 5.91 Å². The van der Waals surface area contributed by atoms with Crippen molar-refractivity contribution in [1.82, 2.24) is 9.96 Å². The lowest BCUT2D eigenvalue weighted by Crippen LogP contribution is -2.51. The summed E-state index contributed by atoms with van der Waals surface area (Å²) in [5, 5.41) is 10.2. The van der Waals surface area contributed by atoms with Crippen LogP contribution in [0.2, 0.25) is 0 Å². The lowest BCUT2D eigenvalue weighted by atomic mass is 9.99. The van der Waals surface area contributed by atoms with E-state index in [4.69, 9.17) is 10.1 Å². The van der Waals surface area contributed by atoms with Gasteiger partial charge in [-0.15, -0.1) is 0 Å². The minimum Gasteiger partial charge on any atom is -0.289 e. The Morgan fingerprint density at radius 2 is 2.27 bits per heavy atom. The van der Waals surface area contributed by atoms with Crippen LogP contribution in [0.1, 0.15) is 19.8 Å². The van der Waals surface area contributed by atoms with Crippen molar-refractivity contribution in [2.75, 3.05) is 20.7 Å². The van der Waals surface area contributed by atoms with Gasteiger partial charge in [0.1, 0.15) is 0 Å². The number of carbonyl (C=O) groups is 1. The molecule has 1 aliphatic heterocycles. The summed E-state index contributed by atoms with van der Waals surface area (Å²) in [5.41, 5.74) is 0. The van der Waals surface area contributed by atoms with Crippen LogP contribution < -0.4 is 0 Å². The number of amides is 1. The Hall–Kier alpha value is -1.12. The lowest BCUT2D eigenvalue weighted by molar-refractivity contribution is -0.191. The first-order valence-electron chi connectivity index (χ1n) is 5.04. The SMILES string of the molecule is CON(C(C)=O)[C@@H]1CC[C@@H](C#N)N(C)C1. The molecule has 84 valence electrons. The van der Waals surface area contributed by atoms with Crippen LogP contribution in [0.5, 0.6) is 0 Å². The third-order valence-corrected chi connectivity index (χ3v) is 2.79. The third kappa shape index (κ3) is 2.67. The van der Waals surface area contributed by atoms with Crippen LogP contribution in [0.25, 0.3) is 0 Å². The summed E-state index contributed by atoms with van der Waals surface area (Å²) < 4.78 is 0. The van der Waals surface area contributed by atoms with Crippen LogP contribution in [0.4, 0.5) is 0 Å². The third-order valence-electron chi connectivity index (χ3n) is 2.79. The summed E-state index contributed by atoms with van der Waals surface area (Å²) in [7, 11) is 3.39. The fraction of sp³-hybridized carbons (Fsp3) is 0.800. The first kappa shape index (κ1) is 12.0. The molecule has 1 fully saturated rings. The maximum absolute atomic E-state index is 11.2. The molecular weight excluding hydrogens is 194 g/mol. The number of carbonyl (C=O) groups excluding carboxylic acids is 1. The van der Waals surface area contributed by atoms with E-state index in [-0.39, 0.29) is 18.0 Å². The molecule has 15 heavy (non-hydrogen) atoms. The van der Waals surface area contributed by atoms with Crippen LogP contribution >= 0.6 is 0 Å². The first-order chi connectivity index (χ1) is 7.10. The molecule has 0 N–H and O–H groups in total. The summed E-state index contributed by atoms with van der Waals surface area (Å²) in [6, 6.07) is 2.26. The number of hydrogen-bond donors (Lipinski definition) is 0. The van der Waals surface area contributed by atoms with E-state index in [1.54, 1.807) is 0 Å². The second-order valence-electron chi connectivity index (χ2n) is 3.84. The molecule has 0 aromatic carbocycles. The molecule has 1 rings (SSSR count). The van der Waals surface area contributed by atoms with E-state index in [1.807, 2.05) is 11.9 Å². The Labute approximate surface area is 90.2 Å². The van der Waals surface area contributed by atoms with E-state index in [0.717, 1.165) is 12.8 Å². The molecule has 0 aromatic heterocycles. The zero-order valence-electron chi connectivity index (χ0n) is 9.43. The highest BCUT2D eigenvalue weighted by molar-refractivity contribution is 5.72. The summed E-state index contributed by atoms with van der Waals surface area (Å²) in [4.78, 5) is 18.3. The largest absolute Gasteiger partial charge is 0.289 e. The summed E-state index contributed by atoms with van der Waals surface area (Å²) in [5.74, 6) is -0.0914. The Balaban J connectivity index is 2.60. The van der Waals surface area contributed by atoms with Gasteiger partial charge in [-0.05, 0) is 19.9 Å². The van der Waals surface area contributed by atoms with Gasteiger partial charge in [-0.25, -0.2) is 5.06 Å². The molecule has 1 heterocycles. The average Bonchev–Trinajstić information content (AvgIpc) is 2.18. The van der Waals surface area contributed by atoms with Gasteiger partial charge in [-0.1, -0.05) is 0 Å². The van der Waals surface area contributed by atoms with Crippen molar-refractivity contribution in [3.63, 3.8) is 0 Å². The van der Waals surface area contributed by atoms with Crippen LogP contribution in [0, 0.1) is 11.3 Å². The molecule has 0 spiro atoms. The number of hydroxylamine groups is 2. The van der Waals surface area contributed by atoms with Gasteiger partial charge in [0.05, 0.1) is 25.3 Å². The molecule has 1 amide bonds. The maximum atomic E-state index is 11.2. The predicted molar refractivity (Wildman–Crippen MR) is 54.6 cm³/mol. The van der Waals surface area contributed by atoms with Gasteiger partial charge in [-0.2, -0.15) is 5.26 Å². The maximum Gasteiger partial charge on any atom is 0.243 e. The number of nitrogens with zero attached hydrogens (tertiary/aromatic N) is 3. The molecule has 0 aromatic rings. The van der Waals surface area contributed by atoms with Gasteiger partial charge >= 0.3 is 0 Å². The molecule has 1 saturated heterocycles. The summed E-state index contributed by atoms with van der Waals surface area (Å²) in [6.45, 7) is 2.17. The van der Waals surface area contributed by atoms with Gasteiger partial charge < -0.3 is 0 Å². The highest BCUT2D eigenvalue weighted by Gasteiger charge is 2.30. The molecular formula is C10H17N3O2. The van der Waals surface area contributed by atoms with Crippen molar-refractivity contribution in [3.8, 4) is 6.07 Å². The van der Waals surface area contributed by atoms with E-state index in [1.165, 1.54) is 19.1 Å². The van der Waals surface area contributed by atoms with Crippen LogP contribution in [0.15, 0.2) is 0 Å². The lowest BCUT2D eigenvalue weighted by Gasteiger charge is -2.37. The van der Waals surface area contributed by atoms with E-state index >= 15 is 0 Å². The predicted octanol–water partition coefficient (Wildman–Crippen LogP) is 0.383. The Morgan fingerprint density at radius 3 is 2.67 bits per heavy atom. The molecule has 0 unspecified atom stereocenters. The van der Waals surface area contributed by atoms with Crippen molar-refractivity contribution in [2.45, 2.75) is 31.8 Å². The van der Waals surface area contributed by atoms with Gasteiger partial charge in [0.15, 0.2) is 0 Å². The average molecular weight is 211 g/mol. The van der Waals surface area contributed by atoms with Gasteiger partial charge in [0.2, 0.25) is 5.91 Å². The summed E-state index contributed by atoms with van der Waals surface area (Å²) >= 11 is 0. The van der Waals surface area contributed by atoms with E-state index in [2.05, 4.69) is 6.07 Å². The quantitative estimate of drug-likeness (QED) is 0.620. The molecule has 0 radical (unpaired) electrons. The van der Waals surface area contributed by atoms with Crippen LogP contribution in [-0.4, -0.2) is 48.7 Å². The topological polar surface area (TPSA) is 56.6 Å². The zero-order chi connectivity index (χ0) is 11.4. The number of likely N-dealkylation sites (tertiary alicyclic amines) is 1. The van der Waals surface area contributed by atoms with Crippen LogP contribution in [0.3, 0.4) is 0 Å². The minimum absolute atomic E-state index is 0.0353. The number of rotatable bonds is 2. The van der Waals surface area contributed by atoms with E-state index < -0.39 is 0 Å². The fourth-order valence-corrected chi connectivity index (χ4v) is 2.01. The van der Waals surface area contributed by atoms with Crippen molar-refractivity contribution < 1.29 is 9.63 Å². The molecule has 0 saturated carbocycles. The first-order valence-corrected chi connectivity index (χ1v) is 5.04. The standard InChI is InChI=1S/C10H17N3O2/c1-8(14)13(15-3)10-5-4-9(6-11)12(2)7-10/h9-10H,4-5,7H2,1-3H3/t9-,10+/m0/s1. The molecule has 1 aliphatic rings. The molecule has 0 aliphatic carbocycles. The van der Waals surface area contributed by atoms with Gasteiger partial charge in [-0.3, -0.25) is 14.5 Å². The molecule has 5 heteroatoms. The van der Waals surface area contributed by atoms with Crippen molar-refractivity contribution in [3.05, 3.63) is 0 Å². The van der Waals surface area contributed by atoms with Gasteiger partial charge in [0.25, 0.3) is 0 Å². The monoisotopic (exact) mass is 211 g/mol. The normalized spacial score (nSPS) is 27.1. The molecule has 5 nitrogen and oxygen atoms in total.